The second-order valence-electron chi connectivity index (χ2n) is 3.98. The van der Waals surface area contributed by atoms with Gasteiger partial charge in [0.25, 0.3) is 0 Å². The molecule has 3 nitrogen and oxygen atoms in total. The predicted molar refractivity (Wildman–Crippen MR) is 62.4 cm³/mol. The van der Waals surface area contributed by atoms with Gasteiger partial charge in [0.15, 0.2) is 0 Å². The minimum atomic E-state index is -4.45. The lowest BCUT2D eigenvalue weighted by atomic mass is 10.1. The second-order valence-corrected chi connectivity index (χ2v) is 4.89. The first-order valence-corrected chi connectivity index (χ1v) is 6.05. The Morgan fingerprint density at radius 2 is 2.11 bits per heavy atom. The van der Waals surface area contributed by atoms with Crippen molar-refractivity contribution < 1.29 is 18.0 Å². The molecule has 0 bridgehead atoms. The standard InChI is InChI=1S/C11H10BrF3N2O/c12-8-3-1-2-7(6-8)10(11(13,14)15)17-5-4-9(18)16-17/h1-3,6,10H,4-5H2,(H,16,18). The van der Waals surface area contributed by atoms with Crippen molar-refractivity contribution in [2.24, 2.45) is 0 Å². The van der Waals surface area contributed by atoms with E-state index in [-0.39, 0.29) is 24.4 Å². The fourth-order valence-corrected chi connectivity index (χ4v) is 2.33. The van der Waals surface area contributed by atoms with Gasteiger partial charge in [-0.25, -0.2) is 5.01 Å². The summed E-state index contributed by atoms with van der Waals surface area (Å²) in [6, 6.07) is 4.17. The largest absolute Gasteiger partial charge is 0.409 e. The smallest absolute Gasteiger partial charge is 0.288 e. The molecule has 1 heterocycles. The second kappa shape index (κ2) is 4.89. The molecule has 1 N–H and O–H groups in total. The minimum Gasteiger partial charge on any atom is -0.288 e. The molecule has 1 atom stereocenters. The molecule has 2 rings (SSSR count). The van der Waals surface area contributed by atoms with Crippen LogP contribution in [0, 0.1) is 0 Å². The molecule has 98 valence electrons. The number of alkyl halides is 3. The van der Waals surface area contributed by atoms with Crippen molar-refractivity contribution in [2.45, 2.75) is 18.6 Å². The normalized spacial score (nSPS) is 18.8. The van der Waals surface area contributed by atoms with Gasteiger partial charge in [0.05, 0.1) is 0 Å². The van der Waals surface area contributed by atoms with Gasteiger partial charge >= 0.3 is 6.18 Å². The summed E-state index contributed by atoms with van der Waals surface area (Å²) < 4.78 is 39.9. The third-order valence-electron chi connectivity index (χ3n) is 2.63. The number of halogens is 4. The van der Waals surface area contributed by atoms with E-state index in [0.29, 0.717) is 4.47 Å². The number of benzene rings is 1. The molecule has 1 amide bonds. The number of rotatable bonds is 2. The molecule has 0 spiro atoms. The summed E-state index contributed by atoms with van der Waals surface area (Å²) in [6.07, 6.45) is -4.36. The van der Waals surface area contributed by atoms with E-state index in [1.807, 2.05) is 0 Å². The predicted octanol–water partition coefficient (Wildman–Crippen LogP) is 2.79. The van der Waals surface area contributed by atoms with Crippen LogP contribution in [0.15, 0.2) is 28.7 Å². The van der Waals surface area contributed by atoms with Gasteiger partial charge < -0.3 is 0 Å². The van der Waals surface area contributed by atoms with E-state index in [2.05, 4.69) is 21.4 Å². The molecular weight excluding hydrogens is 313 g/mol. The molecule has 0 radical (unpaired) electrons. The van der Waals surface area contributed by atoms with Crippen molar-refractivity contribution in [2.75, 3.05) is 6.54 Å². The van der Waals surface area contributed by atoms with Crippen LogP contribution in [0.2, 0.25) is 0 Å². The Bertz CT molecular complexity index is 464. The first-order chi connectivity index (χ1) is 8.38. The summed E-state index contributed by atoms with van der Waals surface area (Å²) in [6.45, 7) is 0.0511. The van der Waals surface area contributed by atoms with Crippen molar-refractivity contribution in [1.82, 2.24) is 10.4 Å². The summed E-state index contributed by atoms with van der Waals surface area (Å²) in [5.41, 5.74) is 2.33. The highest BCUT2D eigenvalue weighted by atomic mass is 79.9. The monoisotopic (exact) mass is 322 g/mol. The minimum absolute atomic E-state index is 0.0511. The van der Waals surface area contributed by atoms with Crippen molar-refractivity contribution in [3.63, 3.8) is 0 Å². The third-order valence-corrected chi connectivity index (χ3v) is 3.13. The van der Waals surface area contributed by atoms with E-state index in [0.717, 1.165) is 5.01 Å². The topological polar surface area (TPSA) is 32.3 Å². The van der Waals surface area contributed by atoms with Crippen LogP contribution >= 0.6 is 15.9 Å². The lowest BCUT2D eigenvalue weighted by molar-refractivity contribution is -0.191. The summed E-state index contributed by atoms with van der Waals surface area (Å²) in [7, 11) is 0. The molecule has 1 aromatic carbocycles. The molecule has 0 aliphatic carbocycles. The highest BCUT2D eigenvalue weighted by Crippen LogP contribution is 2.38. The van der Waals surface area contributed by atoms with Gasteiger partial charge in [0, 0.05) is 17.4 Å². The van der Waals surface area contributed by atoms with E-state index in [1.54, 1.807) is 6.07 Å². The van der Waals surface area contributed by atoms with E-state index in [4.69, 9.17) is 0 Å². The van der Waals surface area contributed by atoms with Crippen LogP contribution in [0.25, 0.3) is 0 Å². The molecule has 1 aliphatic heterocycles. The fourth-order valence-electron chi connectivity index (χ4n) is 1.91. The van der Waals surface area contributed by atoms with Gasteiger partial charge in [-0.15, -0.1) is 0 Å². The van der Waals surface area contributed by atoms with E-state index in [1.165, 1.54) is 18.2 Å². The Morgan fingerprint density at radius 1 is 1.39 bits per heavy atom. The zero-order valence-corrected chi connectivity index (χ0v) is 10.8. The first-order valence-electron chi connectivity index (χ1n) is 5.26. The molecule has 1 fully saturated rings. The number of carbonyl (C=O) groups is 1. The molecule has 1 aromatic rings. The quantitative estimate of drug-likeness (QED) is 0.908. The Balaban J connectivity index is 2.34. The van der Waals surface area contributed by atoms with Crippen molar-refractivity contribution >= 4 is 21.8 Å². The Labute approximate surface area is 110 Å². The van der Waals surface area contributed by atoms with Gasteiger partial charge in [0.2, 0.25) is 5.91 Å². The number of amides is 1. The molecule has 7 heteroatoms. The van der Waals surface area contributed by atoms with Gasteiger partial charge in [-0.1, -0.05) is 28.1 Å². The number of hydrogen-bond acceptors (Lipinski definition) is 2. The van der Waals surface area contributed by atoms with Crippen molar-refractivity contribution in [3.8, 4) is 0 Å². The molecule has 1 aliphatic rings. The average molecular weight is 323 g/mol. The van der Waals surface area contributed by atoms with Gasteiger partial charge in [-0.3, -0.25) is 10.2 Å². The number of hydrogen-bond donors (Lipinski definition) is 1. The van der Waals surface area contributed by atoms with Gasteiger partial charge in [-0.2, -0.15) is 13.2 Å². The first kappa shape index (κ1) is 13.4. The van der Waals surface area contributed by atoms with E-state index < -0.39 is 12.2 Å². The lowest BCUT2D eigenvalue weighted by Gasteiger charge is -2.29. The summed E-state index contributed by atoms with van der Waals surface area (Å²) in [4.78, 5) is 11.1. The number of carbonyl (C=O) groups excluding carboxylic acids is 1. The number of hydrazine groups is 1. The third kappa shape index (κ3) is 2.84. The Hall–Kier alpha value is -1.08. The van der Waals surface area contributed by atoms with Crippen LogP contribution in [0.4, 0.5) is 13.2 Å². The van der Waals surface area contributed by atoms with Crippen LogP contribution in [-0.4, -0.2) is 23.6 Å². The lowest BCUT2D eigenvalue weighted by Crippen LogP contribution is -2.43. The Morgan fingerprint density at radius 3 is 2.61 bits per heavy atom. The molecule has 1 saturated heterocycles. The van der Waals surface area contributed by atoms with E-state index in [9.17, 15) is 18.0 Å². The fraction of sp³-hybridized carbons (Fsp3) is 0.364. The summed E-state index contributed by atoms with van der Waals surface area (Å²) in [5, 5.41) is 0.935. The molecule has 1 unspecified atom stereocenters. The molecule has 0 saturated carbocycles. The zero-order valence-electron chi connectivity index (χ0n) is 9.17. The molecular formula is C11H10BrF3N2O. The van der Waals surface area contributed by atoms with Crippen LogP contribution in [-0.2, 0) is 4.79 Å². The molecule has 18 heavy (non-hydrogen) atoms. The van der Waals surface area contributed by atoms with Crippen LogP contribution in [0.3, 0.4) is 0 Å². The maximum atomic E-state index is 13.1. The highest BCUT2D eigenvalue weighted by molar-refractivity contribution is 9.10. The maximum absolute atomic E-state index is 13.1. The van der Waals surface area contributed by atoms with Gasteiger partial charge in [0.1, 0.15) is 6.04 Å². The van der Waals surface area contributed by atoms with Crippen molar-refractivity contribution in [3.05, 3.63) is 34.3 Å². The number of nitrogens with zero attached hydrogens (tertiary/aromatic N) is 1. The van der Waals surface area contributed by atoms with E-state index >= 15 is 0 Å². The summed E-state index contributed by atoms with van der Waals surface area (Å²) >= 11 is 3.14. The maximum Gasteiger partial charge on any atom is 0.409 e. The Kier molecular flexibility index (Phi) is 3.63. The van der Waals surface area contributed by atoms with Crippen LogP contribution < -0.4 is 5.43 Å². The van der Waals surface area contributed by atoms with Crippen LogP contribution in [0.5, 0.6) is 0 Å². The van der Waals surface area contributed by atoms with Crippen molar-refractivity contribution in [1.29, 1.82) is 0 Å². The SMILES string of the molecule is O=C1CCN(C(c2cccc(Br)c2)C(F)(F)F)N1. The average Bonchev–Trinajstić information content (AvgIpc) is 2.62. The zero-order chi connectivity index (χ0) is 13.3. The summed E-state index contributed by atoms with van der Waals surface area (Å²) in [5.74, 6) is -0.390. The van der Waals surface area contributed by atoms with Gasteiger partial charge in [-0.05, 0) is 17.7 Å². The van der Waals surface area contributed by atoms with Crippen LogP contribution in [0.1, 0.15) is 18.0 Å². The molecule has 0 aromatic heterocycles. The number of nitrogens with one attached hydrogen (secondary N) is 1. The highest BCUT2D eigenvalue weighted by Gasteiger charge is 2.46.